The van der Waals surface area contributed by atoms with E-state index >= 15 is 0 Å². The van der Waals surface area contributed by atoms with E-state index in [0.717, 1.165) is 6.42 Å². The van der Waals surface area contributed by atoms with Gasteiger partial charge in [-0.3, -0.25) is 4.79 Å². The largest absolute Gasteiger partial charge is 0.452 e. The Morgan fingerprint density at radius 2 is 2.50 bits per heavy atom. The van der Waals surface area contributed by atoms with Crippen molar-refractivity contribution in [1.29, 1.82) is 0 Å². The Morgan fingerprint density at radius 1 is 1.71 bits per heavy atom. The predicted molar refractivity (Wildman–Crippen MR) is 55.5 cm³/mol. The fourth-order valence-electron chi connectivity index (χ4n) is 0.987. The maximum Gasteiger partial charge on any atom is 0.256 e. The second-order valence-electron chi connectivity index (χ2n) is 2.72. The molecule has 3 nitrogen and oxygen atoms in total. The lowest BCUT2D eigenvalue weighted by atomic mass is 10.3. The molecule has 1 aromatic heterocycles. The average Bonchev–Trinajstić information content (AvgIpc) is 2.59. The molecule has 0 aromatic carbocycles. The first kappa shape index (κ1) is 10.9. The molecule has 0 atom stereocenters. The topological polar surface area (TPSA) is 42.2 Å². The summed E-state index contributed by atoms with van der Waals surface area (Å²) in [4.78, 5) is 11.4. The molecule has 76 valence electrons. The summed E-state index contributed by atoms with van der Waals surface area (Å²) >= 11 is 5.63. The van der Waals surface area contributed by atoms with Crippen LogP contribution in [-0.4, -0.2) is 12.5 Å². The van der Waals surface area contributed by atoms with Gasteiger partial charge in [0, 0.05) is 6.54 Å². The summed E-state index contributed by atoms with van der Waals surface area (Å²) in [5.74, 6) is -0.201. The zero-order valence-electron chi connectivity index (χ0n) is 7.92. The minimum Gasteiger partial charge on any atom is -0.452 e. The summed E-state index contributed by atoms with van der Waals surface area (Å²) in [6.07, 6.45) is 6.13. The van der Waals surface area contributed by atoms with Crippen LogP contribution in [0.1, 0.15) is 23.7 Å². The summed E-state index contributed by atoms with van der Waals surface area (Å²) < 4.78 is 4.80. The fraction of sp³-hybridized carbons (Fsp3) is 0.300. The molecule has 1 heterocycles. The van der Waals surface area contributed by atoms with Crippen molar-refractivity contribution in [3.05, 3.63) is 35.3 Å². The number of carbonyl (C=O) groups excluding carboxylic acids is 1. The summed E-state index contributed by atoms with van der Waals surface area (Å²) in [7, 11) is 0. The molecular formula is C10H12ClNO2. The summed E-state index contributed by atoms with van der Waals surface area (Å²) in [5, 5.41) is 2.86. The molecule has 1 aromatic rings. The third-order valence-corrected chi connectivity index (χ3v) is 1.99. The molecule has 0 aliphatic heterocycles. The molecule has 4 heteroatoms. The zero-order valence-corrected chi connectivity index (χ0v) is 8.67. The van der Waals surface area contributed by atoms with E-state index in [2.05, 4.69) is 5.32 Å². The Hall–Kier alpha value is -1.22. The first-order valence-electron chi connectivity index (χ1n) is 4.38. The smallest absolute Gasteiger partial charge is 0.256 e. The van der Waals surface area contributed by atoms with Crippen molar-refractivity contribution in [3.63, 3.8) is 0 Å². The molecule has 0 fully saturated rings. The van der Waals surface area contributed by atoms with Crippen molar-refractivity contribution >= 4 is 17.5 Å². The molecule has 0 saturated carbocycles. The number of hydrogen-bond acceptors (Lipinski definition) is 2. The molecule has 14 heavy (non-hydrogen) atoms. The molecule has 0 unspecified atom stereocenters. The van der Waals surface area contributed by atoms with Gasteiger partial charge in [-0.15, -0.1) is 0 Å². The van der Waals surface area contributed by atoms with Gasteiger partial charge in [-0.1, -0.05) is 12.2 Å². The summed E-state index contributed by atoms with van der Waals surface area (Å²) in [5.41, 5.74) is 0.382. The maximum absolute atomic E-state index is 11.4. The predicted octanol–water partition coefficient (Wildman–Crippen LogP) is 2.63. The second kappa shape index (κ2) is 5.50. The van der Waals surface area contributed by atoms with Crippen molar-refractivity contribution in [2.45, 2.75) is 13.3 Å². The molecule has 1 amide bonds. The number of rotatable bonds is 4. The van der Waals surface area contributed by atoms with E-state index in [1.54, 1.807) is 6.07 Å². The van der Waals surface area contributed by atoms with Crippen molar-refractivity contribution in [1.82, 2.24) is 5.32 Å². The van der Waals surface area contributed by atoms with Gasteiger partial charge in [-0.25, -0.2) is 0 Å². The van der Waals surface area contributed by atoms with Crippen molar-refractivity contribution in [2.24, 2.45) is 0 Å². The molecule has 0 bridgehead atoms. The first-order valence-corrected chi connectivity index (χ1v) is 4.76. The highest BCUT2D eigenvalue weighted by Crippen LogP contribution is 2.15. The highest BCUT2D eigenvalue weighted by Gasteiger charge is 2.11. The zero-order chi connectivity index (χ0) is 10.4. The minimum absolute atomic E-state index is 0.133. The lowest BCUT2D eigenvalue weighted by Crippen LogP contribution is -2.23. The normalized spacial score (nSPS) is 10.7. The van der Waals surface area contributed by atoms with Gasteiger partial charge in [0.1, 0.15) is 0 Å². The fourth-order valence-corrected chi connectivity index (χ4v) is 1.19. The van der Waals surface area contributed by atoms with Gasteiger partial charge in [-0.2, -0.15) is 0 Å². The molecule has 0 aliphatic carbocycles. The van der Waals surface area contributed by atoms with E-state index in [0.29, 0.717) is 12.1 Å². The van der Waals surface area contributed by atoms with E-state index in [1.165, 1.54) is 6.26 Å². The van der Waals surface area contributed by atoms with E-state index in [4.69, 9.17) is 16.0 Å². The third kappa shape index (κ3) is 2.92. The van der Waals surface area contributed by atoms with E-state index in [1.807, 2.05) is 19.1 Å². The Morgan fingerprint density at radius 3 is 3.07 bits per heavy atom. The number of furan rings is 1. The maximum atomic E-state index is 11.4. The van der Waals surface area contributed by atoms with Crippen molar-refractivity contribution in [2.75, 3.05) is 6.54 Å². The number of hydrogen-bond donors (Lipinski definition) is 1. The lowest BCUT2D eigenvalue weighted by Gasteiger charge is -2.00. The molecule has 0 spiro atoms. The van der Waals surface area contributed by atoms with Gasteiger partial charge in [0.15, 0.2) is 0 Å². The van der Waals surface area contributed by atoms with Gasteiger partial charge in [-0.05, 0) is 31.0 Å². The van der Waals surface area contributed by atoms with Crippen LogP contribution >= 0.6 is 11.6 Å². The molecule has 0 aliphatic rings. The summed E-state index contributed by atoms with van der Waals surface area (Å²) in [6, 6.07) is 1.55. The first-order chi connectivity index (χ1) is 6.75. The minimum atomic E-state index is -0.201. The van der Waals surface area contributed by atoms with Crippen LogP contribution in [0.3, 0.4) is 0 Å². The number of carbonyl (C=O) groups is 1. The summed E-state index contributed by atoms with van der Waals surface area (Å²) in [6.45, 7) is 2.54. The molecular weight excluding hydrogens is 202 g/mol. The molecule has 0 saturated heterocycles. The van der Waals surface area contributed by atoms with Gasteiger partial charge in [0.25, 0.3) is 5.91 Å². The molecule has 0 radical (unpaired) electrons. The number of nitrogens with one attached hydrogen (secondary N) is 1. The van der Waals surface area contributed by atoms with Crippen LogP contribution in [0.2, 0.25) is 5.22 Å². The Balaban J connectivity index is 2.40. The van der Waals surface area contributed by atoms with E-state index in [-0.39, 0.29) is 11.1 Å². The van der Waals surface area contributed by atoms with Crippen LogP contribution in [0.4, 0.5) is 0 Å². The van der Waals surface area contributed by atoms with Crippen LogP contribution in [0.25, 0.3) is 0 Å². The Labute approximate surface area is 87.7 Å². The highest BCUT2D eigenvalue weighted by molar-refractivity contribution is 6.32. The van der Waals surface area contributed by atoms with Crippen LogP contribution in [-0.2, 0) is 0 Å². The van der Waals surface area contributed by atoms with Crippen LogP contribution in [0, 0.1) is 0 Å². The number of amides is 1. The van der Waals surface area contributed by atoms with Gasteiger partial charge < -0.3 is 9.73 Å². The monoisotopic (exact) mass is 213 g/mol. The molecule has 1 N–H and O–H groups in total. The second-order valence-corrected chi connectivity index (χ2v) is 3.06. The molecule has 1 rings (SSSR count). The van der Waals surface area contributed by atoms with Crippen LogP contribution in [0.5, 0.6) is 0 Å². The lowest BCUT2D eigenvalue weighted by molar-refractivity contribution is 0.0954. The van der Waals surface area contributed by atoms with Gasteiger partial charge in [0.05, 0.1) is 11.8 Å². The Kier molecular flexibility index (Phi) is 4.26. The van der Waals surface area contributed by atoms with E-state index in [9.17, 15) is 4.79 Å². The quantitative estimate of drug-likeness (QED) is 0.617. The van der Waals surface area contributed by atoms with Gasteiger partial charge in [0.2, 0.25) is 5.22 Å². The number of allylic oxidation sites excluding steroid dienone is 1. The van der Waals surface area contributed by atoms with Crippen LogP contribution < -0.4 is 5.32 Å². The third-order valence-electron chi connectivity index (χ3n) is 1.69. The standard InChI is InChI=1S/C10H12ClNO2/c1-2-3-4-6-12-10(13)8-5-7-14-9(8)11/h2-3,5,7H,4,6H2,1H3,(H,12,13)/b3-2+. The van der Waals surface area contributed by atoms with Gasteiger partial charge >= 0.3 is 0 Å². The average molecular weight is 214 g/mol. The van der Waals surface area contributed by atoms with E-state index < -0.39 is 0 Å². The number of halogens is 1. The Bertz CT molecular complexity index is 331. The highest BCUT2D eigenvalue weighted by atomic mass is 35.5. The SMILES string of the molecule is C/C=C/CCNC(=O)c1ccoc1Cl. The van der Waals surface area contributed by atoms with Crippen molar-refractivity contribution in [3.8, 4) is 0 Å². The van der Waals surface area contributed by atoms with Crippen molar-refractivity contribution < 1.29 is 9.21 Å². The van der Waals surface area contributed by atoms with Crippen LogP contribution in [0.15, 0.2) is 28.9 Å².